The van der Waals surface area contributed by atoms with Crippen molar-refractivity contribution in [2.75, 3.05) is 0 Å². The number of benzene rings is 1. The van der Waals surface area contributed by atoms with Crippen LogP contribution in [0, 0.1) is 0 Å². The van der Waals surface area contributed by atoms with Crippen molar-refractivity contribution in [2.24, 2.45) is 0 Å². The van der Waals surface area contributed by atoms with Gasteiger partial charge in [-0.1, -0.05) is 6.07 Å². The Hall–Kier alpha value is -0.660. The lowest BCUT2D eigenvalue weighted by atomic mass is 10.2. The number of hydrogen-bond acceptors (Lipinski definition) is 3. The lowest BCUT2D eigenvalue weighted by Crippen LogP contribution is -2.12. The molecule has 102 valence electrons. The number of alkyl halides is 2. The molecule has 1 aromatic heterocycles. The normalized spacial score (nSPS) is 12.9. The van der Waals surface area contributed by atoms with Crippen LogP contribution in [0.3, 0.4) is 0 Å². The standard InChI is InChI=1S/C10H6BrF2O4PS/c11-8-6-3-5(4-14)1-2-7(6)19-9(8)10(12,13)18(15,16)17/h1-4H,(H2,15,16,17). The van der Waals surface area contributed by atoms with Crippen LogP contribution in [0.1, 0.15) is 15.2 Å². The SMILES string of the molecule is O=Cc1ccc2sc(C(F)(F)P(=O)(O)O)c(Br)c2c1. The fourth-order valence-corrected chi connectivity index (χ4v) is 4.41. The minimum atomic E-state index is -5.61. The molecule has 0 saturated heterocycles. The lowest BCUT2D eigenvalue weighted by Gasteiger charge is -2.16. The average Bonchev–Trinajstić information content (AvgIpc) is 2.65. The smallest absolute Gasteiger partial charge is 0.320 e. The first-order valence-electron chi connectivity index (χ1n) is 4.79. The van der Waals surface area contributed by atoms with E-state index < -0.39 is 18.1 Å². The van der Waals surface area contributed by atoms with Gasteiger partial charge in [-0.3, -0.25) is 9.36 Å². The second-order valence-electron chi connectivity index (χ2n) is 3.70. The molecule has 0 unspecified atom stereocenters. The van der Waals surface area contributed by atoms with Gasteiger partial charge in [0.2, 0.25) is 0 Å². The average molecular weight is 371 g/mol. The maximum absolute atomic E-state index is 13.7. The van der Waals surface area contributed by atoms with E-state index in [2.05, 4.69) is 15.9 Å². The van der Waals surface area contributed by atoms with Crippen molar-refractivity contribution < 1.29 is 27.9 Å². The lowest BCUT2D eigenvalue weighted by molar-refractivity contribution is 0.0595. The van der Waals surface area contributed by atoms with Crippen molar-refractivity contribution in [3.8, 4) is 0 Å². The molecule has 0 aliphatic rings. The fourth-order valence-electron chi connectivity index (χ4n) is 1.48. The molecular weight excluding hydrogens is 365 g/mol. The van der Waals surface area contributed by atoms with Gasteiger partial charge in [0.15, 0.2) is 0 Å². The van der Waals surface area contributed by atoms with Crippen LogP contribution < -0.4 is 0 Å². The Bertz CT molecular complexity index is 709. The topological polar surface area (TPSA) is 74.6 Å². The van der Waals surface area contributed by atoms with Gasteiger partial charge in [-0.25, -0.2) is 0 Å². The molecule has 0 spiro atoms. The largest absolute Gasteiger partial charge is 0.400 e. The van der Waals surface area contributed by atoms with Gasteiger partial charge in [-0.15, -0.1) is 11.3 Å². The van der Waals surface area contributed by atoms with E-state index in [9.17, 15) is 18.1 Å². The van der Waals surface area contributed by atoms with Gasteiger partial charge in [-0.2, -0.15) is 8.78 Å². The predicted molar refractivity (Wildman–Crippen MR) is 70.9 cm³/mol. The number of carbonyl (C=O) groups is 1. The summed E-state index contributed by atoms with van der Waals surface area (Å²) in [4.78, 5) is 27.4. The summed E-state index contributed by atoms with van der Waals surface area (Å²) in [5.41, 5.74) is -3.98. The van der Waals surface area contributed by atoms with Crippen LogP contribution in [0.25, 0.3) is 10.1 Å². The van der Waals surface area contributed by atoms with E-state index in [0.717, 1.165) is 0 Å². The molecule has 0 saturated carbocycles. The number of hydrogen-bond donors (Lipinski definition) is 2. The number of thiophene rings is 1. The molecule has 0 radical (unpaired) electrons. The third-order valence-corrected chi connectivity index (χ3v) is 5.86. The van der Waals surface area contributed by atoms with Gasteiger partial charge in [0.25, 0.3) is 0 Å². The summed E-state index contributed by atoms with van der Waals surface area (Å²) in [5, 5.41) is 0.317. The van der Waals surface area contributed by atoms with E-state index in [1.165, 1.54) is 18.2 Å². The summed E-state index contributed by atoms with van der Waals surface area (Å²) < 4.78 is 38.6. The third kappa shape index (κ3) is 2.39. The van der Waals surface area contributed by atoms with E-state index >= 15 is 0 Å². The highest BCUT2D eigenvalue weighted by molar-refractivity contribution is 9.10. The van der Waals surface area contributed by atoms with Gasteiger partial charge >= 0.3 is 13.3 Å². The zero-order valence-corrected chi connectivity index (χ0v) is 12.3. The summed E-state index contributed by atoms with van der Waals surface area (Å²) in [6, 6.07) is 4.27. The molecule has 0 atom stereocenters. The van der Waals surface area contributed by atoms with E-state index in [-0.39, 0.29) is 10.0 Å². The van der Waals surface area contributed by atoms with Gasteiger partial charge in [-0.05, 0) is 28.1 Å². The number of aldehydes is 1. The minimum Gasteiger partial charge on any atom is -0.320 e. The van der Waals surface area contributed by atoms with Gasteiger partial charge in [0, 0.05) is 20.1 Å². The Morgan fingerprint density at radius 3 is 2.53 bits per heavy atom. The van der Waals surface area contributed by atoms with Crippen LogP contribution in [0.4, 0.5) is 8.78 Å². The maximum Gasteiger partial charge on any atom is 0.400 e. The van der Waals surface area contributed by atoms with Crippen LogP contribution >= 0.6 is 34.9 Å². The Morgan fingerprint density at radius 1 is 1.37 bits per heavy atom. The van der Waals surface area contributed by atoms with Crippen LogP contribution in [-0.4, -0.2) is 16.1 Å². The summed E-state index contributed by atoms with van der Waals surface area (Å²) in [5.74, 6) is 0. The molecule has 9 heteroatoms. The van der Waals surface area contributed by atoms with E-state index in [1.54, 1.807) is 0 Å². The zero-order chi connectivity index (χ0) is 14.4. The van der Waals surface area contributed by atoms with Crippen LogP contribution in [0.2, 0.25) is 0 Å². The Kier molecular flexibility index (Phi) is 3.66. The molecule has 0 aliphatic heterocycles. The molecule has 1 heterocycles. The van der Waals surface area contributed by atoms with Crippen molar-refractivity contribution >= 4 is 51.2 Å². The highest BCUT2D eigenvalue weighted by Gasteiger charge is 2.53. The summed E-state index contributed by atoms with van der Waals surface area (Å²) in [6.07, 6.45) is 0.560. The second kappa shape index (κ2) is 4.71. The van der Waals surface area contributed by atoms with Crippen LogP contribution in [0.15, 0.2) is 22.7 Å². The van der Waals surface area contributed by atoms with Crippen molar-refractivity contribution in [1.82, 2.24) is 0 Å². The van der Waals surface area contributed by atoms with Gasteiger partial charge in [0.05, 0.1) is 0 Å². The second-order valence-corrected chi connectivity index (χ2v) is 7.20. The molecule has 2 N–H and O–H groups in total. The molecule has 0 amide bonds. The van der Waals surface area contributed by atoms with Crippen molar-refractivity contribution in [1.29, 1.82) is 0 Å². The first-order valence-corrected chi connectivity index (χ1v) is 8.02. The summed E-state index contributed by atoms with van der Waals surface area (Å²) in [7, 11) is -5.61. The number of carbonyl (C=O) groups excluding carboxylic acids is 1. The molecule has 0 aliphatic carbocycles. The molecule has 2 rings (SSSR count). The summed E-state index contributed by atoms with van der Waals surface area (Å²) in [6.45, 7) is 0. The quantitative estimate of drug-likeness (QED) is 0.638. The molecular formula is C10H6BrF2O4PS. The first-order chi connectivity index (χ1) is 8.68. The molecule has 2 aromatic rings. The first kappa shape index (κ1) is 14.7. The molecule has 0 fully saturated rings. The summed E-state index contributed by atoms with van der Waals surface area (Å²) >= 11 is 3.49. The van der Waals surface area contributed by atoms with Crippen molar-refractivity contribution in [2.45, 2.75) is 5.66 Å². The van der Waals surface area contributed by atoms with Gasteiger partial charge < -0.3 is 9.79 Å². The Balaban J connectivity index is 2.73. The molecule has 0 bridgehead atoms. The van der Waals surface area contributed by atoms with E-state index in [0.29, 0.717) is 27.7 Å². The zero-order valence-electron chi connectivity index (χ0n) is 9.01. The van der Waals surface area contributed by atoms with E-state index in [4.69, 9.17) is 9.79 Å². The Morgan fingerprint density at radius 2 is 2.00 bits per heavy atom. The van der Waals surface area contributed by atoms with Crippen molar-refractivity contribution in [3.63, 3.8) is 0 Å². The number of rotatable bonds is 3. The van der Waals surface area contributed by atoms with Crippen LogP contribution in [-0.2, 0) is 10.2 Å². The van der Waals surface area contributed by atoms with Gasteiger partial charge in [0.1, 0.15) is 11.2 Å². The highest BCUT2D eigenvalue weighted by atomic mass is 79.9. The van der Waals surface area contributed by atoms with E-state index in [1.807, 2.05) is 0 Å². The Labute approximate surface area is 118 Å². The monoisotopic (exact) mass is 370 g/mol. The third-order valence-electron chi connectivity index (χ3n) is 2.43. The predicted octanol–water partition coefficient (Wildman–Crippen LogP) is 3.70. The maximum atomic E-state index is 13.7. The molecule has 19 heavy (non-hydrogen) atoms. The minimum absolute atomic E-state index is 0.107. The van der Waals surface area contributed by atoms with Crippen LogP contribution in [0.5, 0.6) is 0 Å². The highest BCUT2D eigenvalue weighted by Crippen LogP contribution is 2.62. The molecule has 4 nitrogen and oxygen atoms in total. The molecule has 1 aromatic carbocycles. The number of fused-ring (bicyclic) bond motifs is 1. The fraction of sp³-hybridized carbons (Fsp3) is 0.100. The number of halogens is 3. The van der Waals surface area contributed by atoms with Crippen molar-refractivity contribution in [3.05, 3.63) is 33.1 Å².